The Hall–Kier alpha value is -2.57. The monoisotopic (exact) mass is 494 g/mol. The van der Waals surface area contributed by atoms with Crippen LogP contribution >= 0.6 is 11.6 Å². The molecule has 5 rings (SSSR count). The molecule has 7 heteroatoms. The summed E-state index contributed by atoms with van der Waals surface area (Å²) in [6, 6.07) is 15.1. The first kappa shape index (κ1) is 24.1. The van der Waals surface area contributed by atoms with E-state index in [2.05, 4.69) is 4.90 Å². The number of aliphatic imine (C=N–C) groups is 1. The third-order valence-electron chi connectivity index (χ3n) is 7.11. The van der Waals surface area contributed by atoms with Crippen molar-refractivity contribution in [2.45, 2.75) is 50.7 Å². The molecule has 0 spiro atoms. The molecule has 0 bridgehead atoms. The number of hydrogen-bond donors (Lipinski definition) is 0. The highest BCUT2D eigenvalue weighted by atomic mass is 35.5. The molecule has 1 aliphatic carbocycles. The van der Waals surface area contributed by atoms with Crippen LogP contribution in [0.1, 0.15) is 48.0 Å². The fraction of sp³-hybridized carbons (Fsp3) is 0.500. The molecule has 0 radical (unpaired) electrons. The molecule has 3 fully saturated rings. The number of hydrogen-bond acceptors (Lipinski definition) is 5. The average Bonchev–Trinajstić information content (AvgIpc) is 3.30. The molecule has 1 amide bonds. The van der Waals surface area contributed by atoms with Crippen molar-refractivity contribution >= 4 is 23.4 Å². The maximum Gasteiger partial charge on any atom is 0.253 e. The first-order valence-electron chi connectivity index (χ1n) is 12.8. The van der Waals surface area contributed by atoms with Gasteiger partial charge in [-0.05, 0) is 87.3 Å². The van der Waals surface area contributed by atoms with Gasteiger partial charge in [0, 0.05) is 31.1 Å². The maximum absolute atomic E-state index is 13.2. The van der Waals surface area contributed by atoms with Crippen molar-refractivity contribution in [1.29, 1.82) is 0 Å². The fourth-order valence-electron chi connectivity index (χ4n) is 5.01. The van der Waals surface area contributed by atoms with Crippen LogP contribution in [0.15, 0.2) is 53.5 Å². The quantitative estimate of drug-likeness (QED) is 0.392. The highest BCUT2D eigenvalue weighted by Gasteiger charge is 2.28. The number of carbonyl (C=O) groups is 1. The number of rotatable bonds is 9. The minimum atomic E-state index is -0.235. The van der Waals surface area contributed by atoms with E-state index in [-0.39, 0.29) is 23.8 Å². The van der Waals surface area contributed by atoms with Gasteiger partial charge in [0.05, 0.1) is 17.2 Å². The van der Waals surface area contributed by atoms with E-state index in [0.29, 0.717) is 42.6 Å². The van der Waals surface area contributed by atoms with Gasteiger partial charge in [-0.2, -0.15) is 0 Å². The Bertz CT molecular complexity index is 1050. The predicted octanol–water partition coefficient (Wildman–Crippen LogP) is 3.81. The van der Waals surface area contributed by atoms with Crippen LogP contribution in [0.4, 0.5) is 0 Å². The van der Waals surface area contributed by atoms with Gasteiger partial charge in [0.25, 0.3) is 5.91 Å². The Labute approximate surface area is 212 Å². The van der Waals surface area contributed by atoms with Crippen LogP contribution in [0.2, 0.25) is 5.02 Å². The largest absolute Gasteiger partial charge is 0.862 e. The molecule has 2 aromatic carbocycles. The zero-order valence-corrected chi connectivity index (χ0v) is 20.8. The van der Waals surface area contributed by atoms with Gasteiger partial charge in [-0.25, -0.2) is 0 Å². The fourth-order valence-corrected chi connectivity index (χ4v) is 5.26. The lowest BCUT2D eigenvalue weighted by atomic mass is 10.0. The van der Waals surface area contributed by atoms with Crippen LogP contribution in [0, 0.1) is 5.92 Å². The third kappa shape index (κ3) is 6.36. The normalized spacial score (nSPS) is 21.9. The van der Waals surface area contributed by atoms with Gasteiger partial charge in [-0.3, -0.25) is 4.79 Å². The molecular weight excluding hydrogens is 462 g/mol. The second kappa shape index (κ2) is 11.0. The zero-order valence-electron chi connectivity index (χ0n) is 20.1. The molecule has 0 aromatic heterocycles. The zero-order chi connectivity index (χ0) is 24.2. The second-order valence-corrected chi connectivity index (χ2v) is 10.4. The third-order valence-corrected chi connectivity index (χ3v) is 7.40. The summed E-state index contributed by atoms with van der Waals surface area (Å²) in [5.41, 5.74) is 1.72. The Balaban J connectivity index is 1.26. The topological polar surface area (TPSA) is 68.2 Å². The number of ether oxygens (including phenoxy) is 1. The van der Waals surface area contributed by atoms with Crippen molar-refractivity contribution < 1.29 is 14.6 Å². The van der Waals surface area contributed by atoms with Crippen LogP contribution in [-0.2, 0) is 6.42 Å². The van der Waals surface area contributed by atoms with Crippen LogP contribution < -0.4 is 9.84 Å². The maximum atomic E-state index is 13.2. The molecule has 2 saturated heterocycles. The van der Waals surface area contributed by atoms with Gasteiger partial charge >= 0.3 is 0 Å². The lowest BCUT2D eigenvalue weighted by molar-refractivity contribution is -0.224. The van der Waals surface area contributed by atoms with E-state index in [0.717, 1.165) is 43.8 Å². The molecule has 2 atom stereocenters. The molecule has 3 aliphatic rings. The minimum absolute atomic E-state index is 0.0161. The first-order chi connectivity index (χ1) is 17.0. The molecule has 186 valence electrons. The summed E-state index contributed by atoms with van der Waals surface area (Å²) in [6.07, 6.45) is 6.19. The van der Waals surface area contributed by atoms with Crippen molar-refractivity contribution in [1.82, 2.24) is 9.80 Å². The van der Waals surface area contributed by atoms with Gasteiger partial charge in [-0.15, -0.1) is 0 Å². The van der Waals surface area contributed by atoms with E-state index < -0.39 is 0 Å². The number of benzene rings is 2. The van der Waals surface area contributed by atoms with Gasteiger partial charge in [0.1, 0.15) is 5.75 Å². The number of carbonyl (C=O) groups excluding carboxylic acids is 1. The summed E-state index contributed by atoms with van der Waals surface area (Å²) in [5.74, 6) is 0.396. The predicted molar refractivity (Wildman–Crippen MR) is 136 cm³/mol. The molecule has 35 heavy (non-hydrogen) atoms. The van der Waals surface area contributed by atoms with Crippen LogP contribution in [0.5, 0.6) is 5.75 Å². The highest BCUT2D eigenvalue weighted by molar-refractivity contribution is 6.32. The molecule has 2 aromatic rings. The molecular formula is C28H33ClN3O3-. The molecule has 1 saturated carbocycles. The van der Waals surface area contributed by atoms with Crippen molar-refractivity contribution in [2.75, 3.05) is 32.7 Å². The summed E-state index contributed by atoms with van der Waals surface area (Å²) in [4.78, 5) is 21.7. The smallest absolute Gasteiger partial charge is 0.253 e. The Morgan fingerprint density at radius 3 is 2.57 bits per heavy atom. The molecule has 2 heterocycles. The van der Waals surface area contributed by atoms with E-state index in [1.165, 1.54) is 12.8 Å². The molecule has 1 unspecified atom stereocenters. The Morgan fingerprint density at radius 1 is 1.09 bits per heavy atom. The number of halogens is 1. The number of likely N-dealkylation sites (tertiary alicyclic amines) is 2. The van der Waals surface area contributed by atoms with Crippen LogP contribution in [0.3, 0.4) is 0 Å². The van der Waals surface area contributed by atoms with Gasteiger partial charge in [0.15, 0.2) is 0 Å². The van der Waals surface area contributed by atoms with Crippen LogP contribution in [-0.4, -0.2) is 66.5 Å². The summed E-state index contributed by atoms with van der Waals surface area (Å²) >= 11 is 6.49. The van der Waals surface area contributed by atoms with Crippen molar-refractivity contribution in [3.05, 3.63) is 64.7 Å². The Kier molecular flexibility index (Phi) is 7.59. The Morgan fingerprint density at radius 2 is 1.86 bits per heavy atom. The van der Waals surface area contributed by atoms with E-state index in [4.69, 9.17) is 21.3 Å². The van der Waals surface area contributed by atoms with Gasteiger partial charge in [0.2, 0.25) is 0 Å². The molecule has 2 aliphatic heterocycles. The van der Waals surface area contributed by atoms with E-state index in [1.54, 1.807) is 4.90 Å². The van der Waals surface area contributed by atoms with Crippen molar-refractivity contribution in [2.24, 2.45) is 10.9 Å². The van der Waals surface area contributed by atoms with E-state index in [1.807, 2.05) is 48.5 Å². The summed E-state index contributed by atoms with van der Waals surface area (Å²) in [7, 11) is 0. The van der Waals surface area contributed by atoms with Gasteiger partial charge in [-0.1, -0.05) is 35.9 Å². The summed E-state index contributed by atoms with van der Waals surface area (Å²) in [6.45, 7) is 3.90. The molecule has 0 N–H and O–H groups in total. The van der Waals surface area contributed by atoms with Gasteiger partial charge < -0.3 is 24.6 Å². The van der Waals surface area contributed by atoms with Crippen molar-refractivity contribution in [3.8, 4) is 5.75 Å². The van der Waals surface area contributed by atoms with Crippen molar-refractivity contribution in [3.63, 3.8) is 0 Å². The van der Waals surface area contributed by atoms with E-state index in [9.17, 15) is 9.90 Å². The lowest BCUT2D eigenvalue weighted by Crippen LogP contribution is -2.37. The first-order valence-corrected chi connectivity index (χ1v) is 13.2. The van der Waals surface area contributed by atoms with Crippen LogP contribution in [0.25, 0.3) is 0 Å². The summed E-state index contributed by atoms with van der Waals surface area (Å²) < 4.78 is 5.87. The lowest BCUT2D eigenvalue weighted by Gasteiger charge is -2.26. The minimum Gasteiger partial charge on any atom is -0.862 e. The molecule has 6 nitrogen and oxygen atoms in total. The standard InChI is InChI=1S/C28H34ClN3O3/c29-25-17-20(8-11-26(25)35-24-9-10-24)16-23(19-31-13-4-5-14-31)30-27(33)22-12-15-32(18-22)28(34)21-6-2-1-3-7-21/h1-3,6-8,11,17,22-24H,4-5,9-10,12-16,18-19H2,(H,30,33)/p-1/t22-,23?/m1/s1. The average molecular weight is 495 g/mol. The number of amides is 1. The highest BCUT2D eigenvalue weighted by Crippen LogP contribution is 2.33. The van der Waals surface area contributed by atoms with E-state index >= 15 is 0 Å². The SMILES string of the molecule is O=C(c1ccccc1)N1CC[C@@H](C([O-])=NC(Cc2ccc(OC3CC3)c(Cl)c2)CN2CCCC2)C1. The summed E-state index contributed by atoms with van der Waals surface area (Å²) in [5, 5.41) is 13.8. The second-order valence-electron chi connectivity index (χ2n) is 10.0. The number of nitrogens with zero attached hydrogens (tertiary/aromatic N) is 3.